The molecule has 7 nitrogen and oxygen atoms in total. The number of rotatable bonds is 6. The minimum Gasteiger partial charge on any atom is -0.390 e. The van der Waals surface area contributed by atoms with Gasteiger partial charge in [-0.3, -0.25) is 14.5 Å². The molecule has 3 aliphatic heterocycles. The van der Waals surface area contributed by atoms with Crippen molar-refractivity contribution in [3.63, 3.8) is 0 Å². The van der Waals surface area contributed by atoms with Crippen molar-refractivity contribution in [1.29, 1.82) is 0 Å². The molecule has 1 saturated heterocycles. The van der Waals surface area contributed by atoms with E-state index in [0.717, 1.165) is 63.1 Å². The van der Waals surface area contributed by atoms with E-state index >= 15 is 0 Å². The van der Waals surface area contributed by atoms with E-state index in [4.69, 9.17) is 0 Å². The Kier molecular flexibility index (Phi) is 6.00. The van der Waals surface area contributed by atoms with Crippen LogP contribution in [0.2, 0.25) is 0 Å². The molecule has 1 saturated carbocycles. The number of anilines is 1. The fraction of sp³-hybridized carbons (Fsp3) is 0.517. The maximum Gasteiger partial charge on any atom is 0.254 e. The highest BCUT2D eigenvalue weighted by Crippen LogP contribution is 2.52. The average molecular weight is 489 g/mol. The highest BCUT2D eigenvalue weighted by molar-refractivity contribution is 5.98. The van der Waals surface area contributed by atoms with Crippen LogP contribution in [-0.2, 0) is 23.3 Å². The van der Waals surface area contributed by atoms with E-state index < -0.39 is 6.10 Å². The summed E-state index contributed by atoms with van der Waals surface area (Å²) in [5.41, 5.74) is 5.64. The number of carbonyl (C=O) groups excluding carboxylic acids is 2. The first-order valence-corrected chi connectivity index (χ1v) is 13.3. The minimum atomic E-state index is -0.576. The molecule has 190 valence electrons. The van der Waals surface area contributed by atoms with Gasteiger partial charge in [-0.2, -0.15) is 0 Å². The summed E-state index contributed by atoms with van der Waals surface area (Å²) < 4.78 is 0. The second-order valence-corrected chi connectivity index (χ2v) is 11.2. The number of nitrogens with one attached hydrogen (secondary N) is 1. The van der Waals surface area contributed by atoms with Gasteiger partial charge in [-0.1, -0.05) is 30.3 Å². The molecule has 6 rings (SSSR count). The lowest BCUT2D eigenvalue weighted by atomic mass is 9.86. The predicted octanol–water partition coefficient (Wildman–Crippen LogP) is 2.97. The third kappa shape index (κ3) is 4.50. The summed E-state index contributed by atoms with van der Waals surface area (Å²) in [6.07, 6.45) is 3.43. The lowest BCUT2D eigenvalue weighted by Crippen LogP contribution is -2.48. The molecule has 0 bridgehead atoms. The largest absolute Gasteiger partial charge is 0.390 e. The number of carbonyl (C=O) groups is 2. The van der Waals surface area contributed by atoms with Gasteiger partial charge in [-0.15, -0.1) is 0 Å². The van der Waals surface area contributed by atoms with E-state index in [-0.39, 0.29) is 17.2 Å². The molecule has 1 spiro atoms. The number of fused-ring (bicyclic) bond motifs is 3. The third-order valence-corrected chi connectivity index (χ3v) is 8.57. The Morgan fingerprint density at radius 3 is 2.42 bits per heavy atom. The number of benzene rings is 2. The molecule has 1 atom stereocenters. The number of likely N-dealkylation sites (tertiary alicyclic amines) is 1. The normalized spacial score (nSPS) is 21.9. The number of β-amino-alcohol motifs (C(OH)–C–C–N with tert-alkyl or cyclic N) is 1. The number of amides is 2. The average Bonchev–Trinajstić information content (AvgIpc) is 3.52. The van der Waals surface area contributed by atoms with Crippen molar-refractivity contribution in [3.05, 3.63) is 64.7 Å². The minimum absolute atomic E-state index is 0.0290. The first kappa shape index (κ1) is 23.5. The van der Waals surface area contributed by atoms with Gasteiger partial charge >= 0.3 is 0 Å². The summed E-state index contributed by atoms with van der Waals surface area (Å²) in [6, 6.07) is 15.0. The van der Waals surface area contributed by atoms with Gasteiger partial charge in [0.2, 0.25) is 5.91 Å². The van der Waals surface area contributed by atoms with Crippen LogP contribution >= 0.6 is 0 Å². The summed E-state index contributed by atoms with van der Waals surface area (Å²) >= 11 is 0. The predicted molar refractivity (Wildman–Crippen MR) is 139 cm³/mol. The molecule has 1 aliphatic carbocycles. The molecule has 0 aromatic heterocycles. The van der Waals surface area contributed by atoms with Crippen LogP contribution in [0.5, 0.6) is 0 Å². The first-order valence-electron chi connectivity index (χ1n) is 13.3. The zero-order chi connectivity index (χ0) is 24.9. The van der Waals surface area contributed by atoms with Crippen LogP contribution in [0, 0.1) is 0 Å². The number of hydrogen-bond acceptors (Lipinski definition) is 5. The van der Waals surface area contributed by atoms with Crippen molar-refractivity contribution in [2.45, 2.75) is 63.3 Å². The van der Waals surface area contributed by atoms with Gasteiger partial charge in [-0.05, 0) is 54.5 Å². The fourth-order valence-corrected chi connectivity index (χ4v) is 6.41. The Morgan fingerprint density at radius 1 is 1.08 bits per heavy atom. The fourth-order valence-electron chi connectivity index (χ4n) is 6.41. The smallest absolute Gasteiger partial charge is 0.254 e. The van der Waals surface area contributed by atoms with Gasteiger partial charge in [0.1, 0.15) is 0 Å². The summed E-state index contributed by atoms with van der Waals surface area (Å²) in [7, 11) is 0. The van der Waals surface area contributed by atoms with Crippen LogP contribution in [-0.4, -0.2) is 76.5 Å². The Bertz CT molecular complexity index is 1140. The van der Waals surface area contributed by atoms with Crippen LogP contribution in [0.25, 0.3) is 0 Å². The molecule has 2 N–H and O–H groups in total. The number of nitrogens with zero attached hydrogens (tertiary/aromatic N) is 3. The Balaban J connectivity index is 1.11. The van der Waals surface area contributed by atoms with Crippen LogP contribution in [0.4, 0.5) is 5.69 Å². The van der Waals surface area contributed by atoms with Gasteiger partial charge in [0.05, 0.1) is 6.10 Å². The molecule has 7 heteroatoms. The van der Waals surface area contributed by atoms with Crippen molar-refractivity contribution < 1.29 is 14.7 Å². The molecule has 1 unspecified atom stereocenters. The molecule has 4 aliphatic rings. The van der Waals surface area contributed by atoms with Crippen LogP contribution in [0.3, 0.4) is 0 Å². The maximum atomic E-state index is 13.6. The molecular formula is C29H36N4O3. The second kappa shape index (κ2) is 9.20. The highest BCUT2D eigenvalue weighted by Gasteiger charge is 2.51. The molecule has 2 aromatic rings. The van der Waals surface area contributed by atoms with E-state index in [9.17, 15) is 14.7 Å². The van der Waals surface area contributed by atoms with E-state index in [2.05, 4.69) is 46.6 Å². The van der Waals surface area contributed by atoms with Gasteiger partial charge in [0.25, 0.3) is 5.91 Å². The Hall–Kier alpha value is -2.90. The lowest BCUT2D eigenvalue weighted by molar-refractivity contribution is -0.129. The molecule has 36 heavy (non-hydrogen) atoms. The van der Waals surface area contributed by atoms with Crippen molar-refractivity contribution in [3.8, 4) is 0 Å². The zero-order valence-corrected chi connectivity index (χ0v) is 21.1. The summed E-state index contributed by atoms with van der Waals surface area (Å²) in [5, 5.41) is 14.6. The molecule has 2 fully saturated rings. The SMILES string of the molecule is CC(=O)N1CCC(Nc2ccc3c(c2)C(=O)N(CC(O)CN2Cc4ccccc4C2)CC32CC2)CC1. The molecule has 3 heterocycles. The molecule has 2 aromatic carbocycles. The summed E-state index contributed by atoms with van der Waals surface area (Å²) in [4.78, 5) is 31.3. The Morgan fingerprint density at radius 2 is 1.78 bits per heavy atom. The van der Waals surface area contributed by atoms with E-state index in [1.165, 1.54) is 16.7 Å². The number of aliphatic hydroxyl groups excluding tert-OH is 1. The van der Waals surface area contributed by atoms with E-state index in [1.807, 2.05) is 15.9 Å². The summed E-state index contributed by atoms with van der Waals surface area (Å²) in [6.45, 7) is 6.52. The highest BCUT2D eigenvalue weighted by atomic mass is 16.3. The number of aliphatic hydroxyl groups is 1. The van der Waals surface area contributed by atoms with Gasteiger partial charge < -0.3 is 20.2 Å². The van der Waals surface area contributed by atoms with Crippen LogP contribution < -0.4 is 5.32 Å². The zero-order valence-electron chi connectivity index (χ0n) is 21.1. The topological polar surface area (TPSA) is 76.1 Å². The van der Waals surface area contributed by atoms with Crippen molar-refractivity contribution >= 4 is 17.5 Å². The molecular weight excluding hydrogens is 452 g/mol. The van der Waals surface area contributed by atoms with Crippen molar-refractivity contribution in [2.75, 3.05) is 38.0 Å². The second-order valence-electron chi connectivity index (χ2n) is 11.2. The van der Waals surface area contributed by atoms with Gasteiger partial charge in [0, 0.05) is 75.4 Å². The van der Waals surface area contributed by atoms with Crippen molar-refractivity contribution in [1.82, 2.24) is 14.7 Å². The summed E-state index contributed by atoms with van der Waals surface area (Å²) in [5.74, 6) is 0.167. The maximum absolute atomic E-state index is 13.6. The Labute approximate surface area is 213 Å². The monoisotopic (exact) mass is 488 g/mol. The molecule has 0 radical (unpaired) electrons. The van der Waals surface area contributed by atoms with E-state index in [1.54, 1.807) is 6.92 Å². The van der Waals surface area contributed by atoms with E-state index in [0.29, 0.717) is 25.7 Å². The number of piperidine rings is 1. The molecule has 2 amide bonds. The van der Waals surface area contributed by atoms with Gasteiger partial charge in [-0.25, -0.2) is 0 Å². The van der Waals surface area contributed by atoms with Crippen LogP contribution in [0.1, 0.15) is 59.7 Å². The lowest BCUT2D eigenvalue weighted by Gasteiger charge is -2.37. The van der Waals surface area contributed by atoms with Crippen molar-refractivity contribution in [2.24, 2.45) is 0 Å². The standard InChI is InChI=1S/C29H36N4O3/c1-20(34)32-12-8-23(9-13-32)30-24-6-7-27-26(14-24)28(36)33(19-29(27)10-11-29)18-25(35)17-31-15-21-4-2-3-5-22(21)16-31/h2-7,14,23,25,30,35H,8-13,15-19H2,1H3. The first-order chi connectivity index (χ1) is 17.4. The quantitative estimate of drug-likeness (QED) is 0.654. The third-order valence-electron chi connectivity index (χ3n) is 8.57. The van der Waals surface area contributed by atoms with Crippen LogP contribution in [0.15, 0.2) is 42.5 Å². The van der Waals surface area contributed by atoms with Gasteiger partial charge in [0.15, 0.2) is 0 Å². The number of hydrogen-bond donors (Lipinski definition) is 2.